The third-order valence-electron chi connectivity index (χ3n) is 5.98. The summed E-state index contributed by atoms with van der Waals surface area (Å²) in [6.07, 6.45) is 5.37. The van der Waals surface area contributed by atoms with Gasteiger partial charge in [-0.2, -0.15) is 8.42 Å². The second-order valence-electron chi connectivity index (χ2n) is 8.02. The normalized spacial score (nSPS) is 19.0. The summed E-state index contributed by atoms with van der Waals surface area (Å²) < 4.78 is 30.9. The summed E-state index contributed by atoms with van der Waals surface area (Å²) in [5.74, 6) is 0.186. The van der Waals surface area contributed by atoms with E-state index in [0.29, 0.717) is 30.1 Å². The maximum Gasteiger partial charge on any atom is 0.285 e. The summed E-state index contributed by atoms with van der Waals surface area (Å²) >= 11 is 1.58. The molecule has 166 valence electrons. The van der Waals surface area contributed by atoms with E-state index in [2.05, 4.69) is 14.7 Å². The topological polar surface area (TPSA) is 96.1 Å². The van der Waals surface area contributed by atoms with Crippen LogP contribution in [0, 0.1) is 0 Å². The smallest absolute Gasteiger partial charge is 0.285 e. The van der Waals surface area contributed by atoms with Crippen LogP contribution in [0.5, 0.6) is 0 Å². The number of amides is 1. The molecule has 0 bridgehead atoms. The van der Waals surface area contributed by atoms with Gasteiger partial charge >= 0.3 is 0 Å². The Morgan fingerprint density at radius 1 is 1.12 bits per heavy atom. The SMILES string of the molecule is O=C(Nc1ccc(-c2cn3ccsc3n2)cc1)[C@@H]1CCCN1C1=NS(=O)(=O)c2ccccc21. The molecule has 0 saturated carbocycles. The largest absolute Gasteiger partial charge is 0.343 e. The second kappa shape index (κ2) is 7.53. The molecule has 6 rings (SSSR count). The highest BCUT2D eigenvalue weighted by Gasteiger charge is 2.39. The lowest BCUT2D eigenvalue weighted by molar-refractivity contribution is -0.119. The molecule has 2 aromatic heterocycles. The molecular weight excluding hydrogens is 458 g/mol. The van der Waals surface area contributed by atoms with Gasteiger partial charge in [0.1, 0.15) is 10.9 Å². The molecule has 1 saturated heterocycles. The molecule has 1 fully saturated rings. The molecule has 1 amide bonds. The molecule has 1 N–H and O–H groups in total. The van der Waals surface area contributed by atoms with Crippen LogP contribution in [0.2, 0.25) is 0 Å². The zero-order valence-corrected chi connectivity index (χ0v) is 19.0. The Kier molecular flexibility index (Phi) is 4.59. The number of fused-ring (bicyclic) bond motifs is 2. The molecule has 0 radical (unpaired) electrons. The number of aromatic nitrogens is 2. The van der Waals surface area contributed by atoms with Gasteiger partial charge in [-0.3, -0.25) is 9.20 Å². The van der Waals surface area contributed by atoms with E-state index in [-0.39, 0.29) is 10.8 Å². The highest BCUT2D eigenvalue weighted by Crippen LogP contribution is 2.31. The summed E-state index contributed by atoms with van der Waals surface area (Å²) in [6, 6.07) is 13.8. The molecule has 4 heterocycles. The van der Waals surface area contributed by atoms with Crippen molar-refractivity contribution in [2.75, 3.05) is 11.9 Å². The zero-order chi connectivity index (χ0) is 22.6. The second-order valence-corrected chi connectivity index (χ2v) is 10.5. The fourth-order valence-electron chi connectivity index (χ4n) is 4.40. The number of amidine groups is 1. The lowest BCUT2D eigenvalue weighted by Gasteiger charge is -2.25. The number of rotatable bonds is 3. The number of nitrogens with one attached hydrogen (secondary N) is 1. The highest BCUT2D eigenvalue weighted by molar-refractivity contribution is 7.90. The molecule has 8 nitrogen and oxygen atoms in total. The standard InChI is InChI=1S/C23H19N5O3S2/c29-22(24-16-9-7-15(8-10-16)18-14-27-12-13-32-23(27)25-18)19-5-3-11-28(19)21-17-4-1-2-6-20(17)33(30,31)26-21/h1-2,4,6-10,12-14,19H,3,5,11H2,(H,24,29)/t19-/m0/s1. The van der Waals surface area contributed by atoms with Crippen LogP contribution in [0.25, 0.3) is 16.2 Å². The summed E-state index contributed by atoms with van der Waals surface area (Å²) in [5, 5.41) is 4.96. The predicted octanol–water partition coefficient (Wildman–Crippen LogP) is 3.61. The Labute approximate surface area is 194 Å². The number of likely N-dealkylation sites (tertiary alicyclic amines) is 1. The summed E-state index contributed by atoms with van der Waals surface area (Å²) in [6.45, 7) is 0.581. The molecule has 0 unspecified atom stereocenters. The van der Waals surface area contributed by atoms with E-state index in [1.54, 1.807) is 35.6 Å². The minimum Gasteiger partial charge on any atom is -0.343 e. The van der Waals surface area contributed by atoms with Crippen molar-refractivity contribution >= 4 is 43.8 Å². The van der Waals surface area contributed by atoms with E-state index in [1.165, 1.54) is 0 Å². The lowest BCUT2D eigenvalue weighted by Crippen LogP contribution is -2.43. The van der Waals surface area contributed by atoms with Crippen molar-refractivity contribution in [3.05, 3.63) is 71.9 Å². The van der Waals surface area contributed by atoms with E-state index in [0.717, 1.165) is 22.6 Å². The molecule has 33 heavy (non-hydrogen) atoms. The van der Waals surface area contributed by atoms with Crippen LogP contribution in [-0.4, -0.2) is 47.0 Å². The summed E-state index contributed by atoms with van der Waals surface area (Å²) in [7, 11) is -3.73. The van der Waals surface area contributed by atoms with Gasteiger partial charge in [-0.15, -0.1) is 15.7 Å². The fourth-order valence-corrected chi connectivity index (χ4v) is 6.32. The van der Waals surface area contributed by atoms with Gasteiger partial charge in [-0.1, -0.05) is 24.3 Å². The van der Waals surface area contributed by atoms with E-state index in [4.69, 9.17) is 0 Å². The molecule has 0 spiro atoms. The van der Waals surface area contributed by atoms with Gasteiger partial charge in [0.05, 0.1) is 5.69 Å². The molecule has 1 atom stereocenters. The zero-order valence-electron chi connectivity index (χ0n) is 17.4. The number of carbonyl (C=O) groups is 1. The Morgan fingerprint density at radius 3 is 2.76 bits per heavy atom. The lowest BCUT2D eigenvalue weighted by atomic mass is 10.1. The van der Waals surface area contributed by atoms with Gasteiger partial charge < -0.3 is 10.2 Å². The van der Waals surface area contributed by atoms with Crippen LogP contribution < -0.4 is 5.32 Å². The number of benzene rings is 2. The minimum atomic E-state index is -3.73. The van der Waals surface area contributed by atoms with Crippen molar-refractivity contribution in [3.63, 3.8) is 0 Å². The number of sulfonamides is 1. The number of thiazole rings is 1. The Balaban J connectivity index is 1.21. The van der Waals surface area contributed by atoms with Crippen molar-refractivity contribution in [2.45, 2.75) is 23.8 Å². The molecule has 0 aliphatic carbocycles. The van der Waals surface area contributed by atoms with E-state index in [9.17, 15) is 13.2 Å². The summed E-state index contributed by atoms with van der Waals surface area (Å²) in [5.41, 5.74) is 3.08. The predicted molar refractivity (Wildman–Crippen MR) is 127 cm³/mol. The van der Waals surface area contributed by atoms with Crippen LogP contribution in [-0.2, 0) is 14.8 Å². The molecule has 2 aliphatic heterocycles. The van der Waals surface area contributed by atoms with Gasteiger partial charge in [-0.05, 0) is 37.1 Å². The highest BCUT2D eigenvalue weighted by atomic mass is 32.2. The Hall–Kier alpha value is -3.50. The molecule has 4 aromatic rings. The molecule has 10 heteroatoms. The maximum absolute atomic E-state index is 13.1. The van der Waals surface area contributed by atoms with Gasteiger partial charge in [0, 0.05) is 41.1 Å². The van der Waals surface area contributed by atoms with Gasteiger partial charge in [0.15, 0.2) is 10.8 Å². The Bertz CT molecular complexity index is 1490. The maximum atomic E-state index is 13.1. The third kappa shape index (κ3) is 3.42. The first kappa shape index (κ1) is 20.1. The van der Waals surface area contributed by atoms with Gasteiger partial charge in [0.25, 0.3) is 10.0 Å². The number of anilines is 1. The number of hydrogen-bond acceptors (Lipinski definition) is 6. The fraction of sp³-hybridized carbons (Fsp3) is 0.174. The number of imidazole rings is 1. The average Bonchev–Trinajstić information content (AvgIpc) is 3.57. The van der Waals surface area contributed by atoms with E-state index in [1.807, 2.05) is 51.3 Å². The van der Waals surface area contributed by atoms with Gasteiger partial charge in [0.2, 0.25) is 5.91 Å². The average molecular weight is 478 g/mol. The first-order chi connectivity index (χ1) is 16.0. The number of hydrogen-bond donors (Lipinski definition) is 1. The van der Waals surface area contributed by atoms with Gasteiger partial charge in [-0.25, -0.2) is 4.98 Å². The van der Waals surface area contributed by atoms with Crippen molar-refractivity contribution < 1.29 is 13.2 Å². The van der Waals surface area contributed by atoms with Crippen molar-refractivity contribution in [1.29, 1.82) is 0 Å². The first-order valence-electron chi connectivity index (χ1n) is 10.5. The van der Waals surface area contributed by atoms with Crippen LogP contribution in [0.15, 0.2) is 75.6 Å². The van der Waals surface area contributed by atoms with Crippen LogP contribution in [0.3, 0.4) is 0 Å². The summed E-state index contributed by atoms with van der Waals surface area (Å²) in [4.78, 5) is 20.7. The van der Waals surface area contributed by atoms with Crippen molar-refractivity contribution in [1.82, 2.24) is 14.3 Å². The number of carbonyl (C=O) groups excluding carboxylic acids is 1. The monoisotopic (exact) mass is 477 g/mol. The Morgan fingerprint density at radius 2 is 1.94 bits per heavy atom. The minimum absolute atomic E-state index is 0.174. The van der Waals surface area contributed by atoms with Crippen LogP contribution in [0.4, 0.5) is 5.69 Å². The number of nitrogens with zero attached hydrogens (tertiary/aromatic N) is 4. The molecular formula is C23H19N5O3S2. The van der Waals surface area contributed by atoms with Crippen LogP contribution >= 0.6 is 11.3 Å². The third-order valence-corrected chi connectivity index (χ3v) is 8.08. The van der Waals surface area contributed by atoms with Crippen molar-refractivity contribution in [3.8, 4) is 11.3 Å². The molecule has 2 aliphatic rings. The quantitative estimate of drug-likeness (QED) is 0.486. The van der Waals surface area contributed by atoms with E-state index < -0.39 is 16.1 Å². The first-order valence-corrected chi connectivity index (χ1v) is 12.9. The molecule has 2 aromatic carbocycles. The van der Waals surface area contributed by atoms with E-state index >= 15 is 0 Å². The van der Waals surface area contributed by atoms with Crippen molar-refractivity contribution in [2.24, 2.45) is 4.40 Å². The van der Waals surface area contributed by atoms with Crippen LogP contribution in [0.1, 0.15) is 18.4 Å².